The molecule has 1 fully saturated rings. The fourth-order valence-electron chi connectivity index (χ4n) is 4.69. The number of benzene rings is 2. The molecule has 2 aromatic carbocycles. The Kier molecular flexibility index (Phi) is 5.17. The van der Waals surface area contributed by atoms with Crippen LogP contribution in [0.4, 0.5) is 0 Å². The molecule has 2 nitrogen and oxygen atoms in total. The van der Waals surface area contributed by atoms with Crippen molar-refractivity contribution in [3.05, 3.63) is 65.2 Å². The van der Waals surface area contributed by atoms with Gasteiger partial charge in [-0.2, -0.15) is 0 Å². The van der Waals surface area contributed by atoms with Gasteiger partial charge < -0.3 is 9.64 Å². The van der Waals surface area contributed by atoms with Crippen LogP contribution >= 0.6 is 12.4 Å². The van der Waals surface area contributed by atoms with Crippen molar-refractivity contribution in [1.82, 2.24) is 4.90 Å². The van der Waals surface area contributed by atoms with E-state index in [0.29, 0.717) is 12.0 Å². The minimum absolute atomic E-state index is 0. The van der Waals surface area contributed by atoms with Gasteiger partial charge in [0.05, 0.1) is 7.11 Å². The minimum Gasteiger partial charge on any atom is -0.497 e. The van der Waals surface area contributed by atoms with E-state index in [9.17, 15) is 0 Å². The molecule has 4 rings (SSSR count). The topological polar surface area (TPSA) is 12.5 Å². The zero-order valence-corrected chi connectivity index (χ0v) is 15.3. The van der Waals surface area contributed by atoms with Crippen LogP contribution in [0, 0.1) is 5.92 Å². The third kappa shape index (κ3) is 3.05. The van der Waals surface area contributed by atoms with Gasteiger partial charge in [0.15, 0.2) is 0 Å². The maximum atomic E-state index is 5.39. The summed E-state index contributed by atoms with van der Waals surface area (Å²) in [5.74, 6) is 2.45. The van der Waals surface area contributed by atoms with Gasteiger partial charge in [-0.05, 0) is 61.1 Å². The second kappa shape index (κ2) is 7.16. The van der Waals surface area contributed by atoms with Crippen molar-refractivity contribution >= 4 is 12.4 Å². The molecule has 0 amide bonds. The highest BCUT2D eigenvalue weighted by molar-refractivity contribution is 5.85. The minimum atomic E-state index is 0. The van der Waals surface area contributed by atoms with Crippen LogP contribution in [-0.4, -0.2) is 31.6 Å². The van der Waals surface area contributed by atoms with Crippen LogP contribution in [0.25, 0.3) is 0 Å². The Hall–Kier alpha value is -1.51. The molecular formula is C21H26ClNO. The molecule has 0 radical (unpaired) electrons. The highest BCUT2D eigenvalue weighted by Gasteiger charge is 2.42. The number of likely N-dealkylation sites (N-methyl/N-ethyl adjacent to an activating group) is 1. The summed E-state index contributed by atoms with van der Waals surface area (Å²) in [5.41, 5.74) is 4.56. The van der Waals surface area contributed by atoms with Crippen molar-refractivity contribution < 1.29 is 4.74 Å². The van der Waals surface area contributed by atoms with E-state index in [1.807, 2.05) is 6.07 Å². The van der Waals surface area contributed by atoms with Gasteiger partial charge in [-0.15, -0.1) is 12.4 Å². The second-order valence-corrected chi connectivity index (χ2v) is 7.07. The summed E-state index contributed by atoms with van der Waals surface area (Å²) < 4.78 is 5.39. The number of fused-ring (bicyclic) bond motifs is 3. The molecule has 0 bridgehead atoms. The molecular weight excluding hydrogens is 318 g/mol. The molecule has 24 heavy (non-hydrogen) atoms. The first-order valence-electron chi connectivity index (χ1n) is 8.67. The third-order valence-electron chi connectivity index (χ3n) is 5.84. The Balaban J connectivity index is 0.00000169. The average Bonchev–Trinajstić information content (AvgIpc) is 2.91. The average molecular weight is 344 g/mol. The van der Waals surface area contributed by atoms with E-state index < -0.39 is 0 Å². The molecule has 3 atom stereocenters. The summed E-state index contributed by atoms with van der Waals surface area (Å²) in [6.45, 7) is 1.19. The molecule has 1 aliphatic carbocycles. The number of rotatable bonds is 3. The van der Waals surface area contributed by atoms with Gasteiger partial charge in [-0.3, -0.25) is 0 Å². The van der Waals surface area contributed by atoms with Crippen molar-refractivity contribution in [2.24, 2.45) is 5.92 Å². The number of nitrogens with zero attached hydrogens (tertiary/aromatic N) is 1. The zero-order chi connectivity index (χ0) is 15.8. The first-order chi connectivity index (χ1) is 11.3. The normalized spacial score (nSPS) is 25.5. The predicted octanol–water partition coefficient (Wildman–Crippen LogP) is 4.32. The van der Waals surface area contributed by atoms with Gasteiger partial charge >= 0.3 is 0 Å². The summed E-state index contributed by atoms with van der Waals surface area (Å²) >= 11 is 0. The van der Waals surface area contributed by atoms with E-state index in [2.05, 4.69) is 54.4 Å². The van der Waals surface area contributed by atoms with Crippen LogP contribution in [0.2, 0.25) is 0 Å². The van der Waals surface area contributed by atoms with Gasteiger partial charge in [-0.1, -0.05) is 36.4 Å². The quantitative estimate of drug-likeness (QED) is 0.823. The Labute approximate surface area is 151 Å². The van der Waals surface area contributed by atoms with Gasteiger partial charge in [0.1, 0.15) is 5.75 Å². The third-order valence-corrected chi connectivity index (χ3v) is 5.84. The lowest BCUT2D eigenvalue weighted by atomic mass is 9.74. The zero-order valence-electron chi connectivity index (χ0n) is 14.4. The van der Waals surface area contributed by atoms with Crippen LogP contribution in [0.15, 0.2) is 48.5 Å². The smallest absolute Gasteiger partial charge is 0.119 e. The summed E-state index contributed by atoms with van der Waals surface area (Å²) in [6.07, 6.45) is 3.68. The number of likely N-dealkylation sites (tertiary alicyclic amines) is 1. The molecule has 1 heterocycles. The molecule has 128 valence electrons. The van der Waals surface area contributed by atoms with Crippen LogP contribution in [0.3, 0.4) is 0 Å². The molecule has 1 aliphatic heterocycles. The van der Waals surface area contributed by atoms with Crippen molar-refractivity contribution in [3.63, 3.8) is 0 Å². The maximum absolute atomic E-state index is 5.39. The fourth-order valence-corrected chi connectivity index (χ4v) is 4.69. The Morgan fingerprint density at radius 1 is 1.12 bits per heavy atom. The highest BCUT2D eigenvalue weighted by Crippen LogP contribution is 2.45. The molecule has 0 spiro atoms. The Morgan fingerprint density at radius 2 is 1.96 bits per heavy atom. The molecule has 0 saturated carbocycles. The van der Waals surface area contributed by atoms with Gasteiger partial charge in [-0.25, -0.2) is 0 Å². The highest BCUT2D eigenvalue weighted by atomic mass is 35.5. The lowest BCUT2D eigenvalue weighted by Gasteiger charge is -2.31. The van der Waals surface area contributed by atoms with Gasteiger partial charge in [0.25, 0.3) is 0 Å². The van der Waals surface area contributed by atoms with Crippen LogP contribution in [0.1, 0.15) is 29.0 Å². The van der Waals surface area contributed by atoms with E-state index in [0.717, 1.165) is 18.1 Å². The molecule has 1 saturated heterocycles. The number of hydrogen-bond acceptors (Lipinski definition) is 2. The summed E-state index contributed by atoms with van der Waals surface area (Å²) in [7, 11) is 4.04. The first-order valence-corrected chi connectivity index (χ1v) is 8.67. The molecule has 2 aliphatic rings. The number of methoxy groups -OCH3 is 1. The van der Waals surface area contributed by atoms with Crippen LogP contribution in [0.5, 0.6) is 5.75 Å². The number of aryl methyl sites for hydroxylation is 1. The molecule has 3 unspecified atom stereocenters. The Morgan fingerprint density at radius 3 is 2.79 bits per heavy atom. The summed E-state index contributed by atoms with van der Waals surface area (Å²) in [5, 5.41) is 0. The molecule has 2 aromatic rings. The monoisotopic (exact) mass is 343 g/mol. The fraction of sp³-hybridized carbons (Fsp3) is 0.429. The van der Waals surface area contributed by atoms with Crippen molar-refractivity contribution in [3.8, 4) is 5.75 Å². The summed E-state index contributed by atoms with van der Waals surface area (Å²) in [4.78, 5) is 2.58. The van der Waals surface area contributed by atoms with Gasteiger partial charge in [0, 0.05) is 18.5 Å². The van der Waals surface area contributed by atoms with E-state index in [1.165, 1.54) is 24.9 Å². The lowest BCUT2D eigenvalue weighted by Crippen LogP contribution is -2.32. The second-order valence-electron chi connectivity index (χ2n) is 7.07. The summed E-state index contributed by atoms with van der Waals surface area (Å²) in [6, 6.07) is 18.3. The van der Waals surface area contributed by atoms with Crippen molar-refractivity contribution in [2.45, 2.75) is 31.2 Å². The predicted molar refractivity (Wildman–Crippen MR) is 101 cm³/mol. The largest absolute Gasteiger partial charge is 0.497 e. The van der Waals surface area contributed by atoms with E-state index in [-0.39, 0.29) is 12.4 Å². The Bertz CT molecular complexity index is 702. The first kappa shape index (κ1) is 17.3. The number of hydrogen-bond donors (Lipinski definition) is 0. The molecule has 0 N–H and O–H groups in total. The SMILES string of the molecule is COc1cccc(CC2C3CCc4ccccc4C3CN2C)c1.Cl. The molecule has 0 aromatic heterocycles. The van der Waals surface area contributed by atoms with Crippen LogP contribution in [-0.2, 0) is 12.8 Å². The van der Waals surface area contributed by atoms with Crippen molar-refractivity contribution in [2.75, 3.05) is 20.7 Å². The standard InChI is InChI=1S/C21H25NO.ClH/c1-22-14-20-18-9-4-3-7-16(18)10-11-19(20)21(22)13-15-6-5-8-17(12-15)23-2;/h3-9,12,19-21H,10-11,13-14H2,1-2H3;1H. The number of halogens is 1. The van der Waals surface area contributed by atoms with E-state index >= 15 is 0 Å². The van der Waals surface area contributed by atoms with Crippen LogP contribution < -0.4 is 4.74 Å². The lowest BCUT2D eigenvalue weighted by molar-refractivity contribution is 0.259. The molecule has 3 heteroatoms. The van der Waals surface area contributed by atoms with E-state index in [1.54, 1.807) is 18.2 Å². The number of ether oxygens (including phenoxy) is 1. The van der Waals surface area contributed by atoms with Crippen molar-refractivity contribution in [1.29, 1.82) is 0 Å². The van der Waals surface area contributed by atoms with Gasteiger partial charge in [0.2, 0.25) is 0 Å². The van der Waals surface area contributed by atoms with E-state index in [4.69, 9.17) is 4.74 Å². The maximum Gasteiger partial charge on any atom is 0.119 e.